The topological polar surface area (TPSA) is 118 Å². The molecule has 4 aromatic rings. The van der Waals surface area contributed by atoms with Crippen LogP contribution in [-0.2, 0) is 9.53 Å². The van der Waals surface area contributed by atoms with Gasteiger partial charge in [-0.2, -0.15) is 0 Å². The monoisotopic (exact) mass is 481 g/mol. The predicted molar refractivity (Wildman–Crippen MR) is 140 cm³/mol. The van der Waals surface area contributed by atoms with Gasteiger partial charge in [0.25, 0.3) is 0 Å². The van der Waals surface area contributed by atoms with Crippen LogP contribution < -0.4 is 16.4 Å². The number of aromatic nitrogens is 3. The van der Waals surface area contributed by atoms with Gasteiger partial charge in [-0.3, -0.25) is 14.7 Å². The van der Waals surface area contributed by atoms with Crippen molar-refractivity contribution in [1.29, 1.82) is 0 Å². The molecule has 9 heteroatoms. The Bertz CT molecular complexity index is 1310. The van der Waals surface area contributed by atoms with Crippen LogP contribution >= 0.6 is 0 Å². The maximum Gasteiger partial charge on any atom is 0.246 e. The molecule has 1 aliphatic heterocycles. The molecule has 0 aliphatic carbocycles. The fraction of sp³-hybridized carbons (Fsp3) is 0.185. The molecule has 1 aliphatic rings. The number of hydrogen-bond acceptors (Lipinski definition) is 8. The molecule has 0 bridgehead atoms. The van der Waals surface area contributed by atoms with Crippen LogP contribution in [0.1, 0.15) is 11.6 Å². The van der Waals surface area contributed by atoms with Crippen LogP contribution in [-0.4, -0.2) is 52.1 Å². The van der Waals surface area contributed by atoms with E-state index >= 15 is 0 Å². The van der Waals surface area contributed by atoms with Gasteiger partial charge in [-0.1, -0.05) is 24.3 Å². The molecule has 1 amide bonds. The molecule has 1 unspecified atom stereocenters. The number of nitrogens with two attached hydrogens (primary N) is 1. The first-order valence-corrected chi connectivity index (χ1v) is 11.7. The van der Waals surface area contributed by atoms with E-state index in [2.05, 4.69) is 30.5 Å². The van der Waals surface area contributed by atoms with Crippen molar-refractivity contribution in [3.05, 3.63) is 90.9 Å². The van der Waals surface area contributed by atoms with Gasteiger partial charge in [0, 0.05) is 54.3 Å². The highest BCUT2D eigenvalue weighted by Gasteiger charge is 2.29. The number of nitrogen functional groups attached to an aromatic ring is 1. The zero-order valence-corrected chi connectivity index (χ0v) is 19.7. The van der Waals surface area contributed by atoms with Gasteiger partial charge >= 0.3 is 0 Å². The Morgan fingerprint density at radius 2 is 1.81 bits per heavy atom. The van der Waals surface area contributed by atoms with Gasteiger partial charge in [-0.15, -0.1) is 0 Å². The van der Waals surface area contributed by atoms with E-state index in [1.807, 2.05) is 66.7 Å². The van der Waals surface area contributed by atoms with Crippen LogP contribution in [0.25, 0.3) is 11.3 Å². The number of rotatable bonds is 7. The Balaban J connectivity index is 1.30. The summed E-state index contributed by atoms with van der Waals surface area (Å²) in [6.45, 7) is 2.58. The van der Waals surface area contributed by atoms with Gasteiger partial charge < -0.3 is 21.1 Å². The van der Waals surface area contributed by atoms with Crippen molar-refractivity contribution in [2.75, 3.05) is 42.7 Å². The molecule has 3 heterocycles. The van der Waals surface area contributed by atoms with E-state index in [0.29, 0.717) is 43.6 Å². The lowest BCUT2D eigenvalue weighted by Crippen LogP contribution is -2.43. The Morgan fingerprint density at radius 1 is 0.972 bits per heavy atom. The summed E-state index contributed by atoms with van der Waals surface area (Å²) in [5.74, 6) is 0.369. The number of pyridine rings is 1. The largest absolute Gasteiger partial charge is 0.399 e. The van der Waals surface area contributed by atoms with Crippen molar-refractivity contribution in [3.63, 3.8) is 0 Å². The number of morpholine rings is 1. The lowest BCUT2D eigenvalue weighted by molar-refractivity contribution is -0.123. The summed E-state index contributed by atoms with van der Waals surface area (Å²) >= 11 is 0. The lowest BCUT2D eigenvalue weighted by atomic mass is 10.1. The van der Waals surface area contributed by atoms with Gasteiger partial charge in [0.15, 0.2) is 0 Å². The molecule has 1 fully saturated rings. The summed E-state index contributed by atoms with van der Waals surface area (Å²) in [6.07, 6.45) is 5.15. The van der Waals surface area contributed by atoms with Gasteiger partial charge in [-0.05, 0) is 48.0 Å². The van der Waals surface area contributed by atoms with Crippen LogP contribution in [0, 0.1) is 0 Å². The van der Waals surface area contributed by atoms with Crippen LogP contribution in [0.5, 0.6) is 0 Å². The van der Waals surface area contributed by atoms with Gasteiger partial charge in [0.05, 0.1) is 18.9 Å². The van der Waals surface area contributed by atoms with Crippen LogP contribution in [0.4, 0.5) is 23.0 Å². The van der Waals surface area contributed by atoms with Gasteiger partial charge in [0.2, 0.25) is 11.9 Å². The number of ether oxygens (including phenoxy) is 1. The second kappa shape index (κ2) is 10.9. The number of anilines is 4. The highest BCUT2D eigenvalue weighted by atomic mass is 16.5. The van der Waals surface area contributed by atoms with Crippen molar-refractivity contribution >= 4 is 28.9 Å². The zero-order valence-electron chi connectivity index (χ0n) is 19.7. The number of hydrogen-bond donors (Lipinski definition) is 3. The minimum atomic E-state index is -0.440. The summed E-state index contributed by atoms with van der Waals surface area (Å²) in [4.78, 5) is 28.6. The number of nitrogens with zero attached hydrogens (tertiary/aromatic N) is 4. The standard InChI is InChI=1S/C27H27N7O2/c28-21-4-1-5-23(17-21)32-27-30-12-10-24(33-27)19-6-8-22(9-7-19)31-26(35)25(20-3-2-11-29-18-20)34-13-15-36-16-14-34/h1-12,17-18,25H,13-16,28H2,(H,31,35)(H,30,32,33). The molecule has 1 saturated heterocycles. The van der Waals surface area contributed by atoms with E-state index in [9.17, 15) is 4.79 Å². The summed E-state index contributed by atoms with van der Waals surface area (Å²) in [7, 11) is 0. The smallest absolute Gasteiger partial charge is 0.246 e. The van der Waals surface area contributed by atoms with Gasteiger partial charge in [-0.25, -0.2) is 9.97 Å². The number of amides is 1. The van der Waals surface area contributed by atoms with E-state index in [1.54, 1.807) is 18.6 Å². The number of carbonyl (C=O) groups excluding carboxylic acids is 1. The molecule has 0 saturated carbocycles. The highest BCUT2D eigenvalue weighted by Crippen LogP contribution is 2.25. The molecule has 2 aromatic heterocycles. The molecule has 0 spiro atoms. The normalized spacial score (nSPS) is 14.7. The predicted octanol–water partition coefficient (Wildman–Crippen LogP) is 3.88. The Hall–Kier alpha value is -4.34. The summed E-state index contributed by atoms with van der Waals surface area (Å²) < 4.78 is 5.48. The number of carbonyl (C=O) groups is 1. The first kappa shape index (κ1) is 23.4. The Morgan fingerprint density at radius 3 is 2.56 bits per heavy atom. The van der Waals surface area contributed by atoms with Crippen molar-refractivity contribution in [2.45, 2.75) is 6.04 Å². The molecule has 2 aromatic carbocycles. The maximum atomic E-state index is 13.4. The molecule has 182 valence electrons. The average molecular weight is 482 g/mol. The first-order chi connectivity index (χ1) is 17.7. The summed E-state index contributed by atoms with van der Waals surface area (Å²) in [5.41, 5.74) is 10.6. The maximum absolute atomic E-state index is 13.4. The zero-order chi connectivity index (χ0) is 24.7. The Labute approximate surface area is 209 Å². The second-order valence-corrected chi connectivity index (χ2v) is 8.42. The fourth-order valence-corrected chi connectivity index (χ4v) is 4.16. The van der Waals surface area contributed by atoms with Crippen molar-refractivity contribution in [2.24, 2.45) is 0 Å². The van der Waals surface area contributed by atoms with E-state index in [4.69, 9.17) is 10.5 Å². The fourth-order valence-electron chi connectivity index (χ4n) is 4.16. The van der Waals surface area contributed by atoms with Gasteiger partial charge in [0.1, 0.15) is 6.04 Å². The van der Waals surface area contributed by atoms with E-state index in [0.717, 1.165) is 22.5 Å². The molecule has 1 atom stereocenters. The second-order valence-electron chi connectivity index (χ2n) is 8.42. The Kier molecular flexibility index (Phi) is 7.11. The van der Waals surface area contributed by atoms with Crippen molar-refractivity contribution in [3.8, 4) is 11.3 Å². The van der Waals surface area contributed by atoms with Crippen LogP contribution in [0.15, 0.2) is 85.3 Å². The van der Waals surface area contributed by atoms with Crippen LogP contribution in [0.2, 0.25) is 0 Å². The minimum Gasteiger partial charge on any atom is -0.399 e. The molecule has 0 radical (unpaired) electrons. The lowest BCUT2D eigenvalue weighted by Gasteiger charge is -2.33. The molecular weight excluding hydrogens is 454 g/mol. The molecule has 9 nitrogen and oxygen atoms in total. The SMILES string of the molecule is Nc1cccc(Nc2nccc(-c3ccc(NC(=O)C(c4cccnc4)N4CCOCC4)cc3)n2)c1. The number of nitrogens with one attached hydrogen (secondary N) is 2. The first-order valence-electron chi connectivity index (χ1n) is 11.7. The summed E-state index contributed by atoms with van der Waals surface area (Å²) in [6, 6.07) is 20.2. The third-order valence-electron chi connectivity index (χ3n) is 5.91. The minimum absolute atomic E-state index is 0.103. The summed E-state index contributed by atoms with van der Waals surface area (Å²) in [5, 5.41) is 6.23. The third kappa shape index (κ3) is 5.65. The third-order valence-corrected chi connectivity index (χ3v) is 5.91. The quantitative estimate of drug-likeness (QED) is 0.341. The van der Waals surface area contributed by atoms with Crippen molar-refractivity contribution < 1.29 is 9.53 Å². The van der Waals surface area contributed by atoms with Crippen LogP contribution in [0.3, 0.4) is 0 Å². The molecule has 4 N–H and O–H groups in total. The van der Waals surface area contributed by atoms with Crippen molar-refractivity contribution in [1.82, 2.24) is 19.9 Å². The van der Waals surface area contributed by atoms with E-state index < -0.39 is 6.04 Å². The van der Waals surface area contributed by atoms with E-state index in [1.165, 1.54) is 0 Å². The highest BCUT2D eigenvalue weighted by molar-refractivity contribution is 5.95. The number of benzene rings is 2. The molecule has 5 rings (SSSR count). The average Bonchev–Trinajstić information content (AvgIpc) is 2.91. The van der Waals surface area contributed by atoms with E-state index in [-0.39, 0.29) is 5.91 Å². The molecule has 36 heavy (non-hydrogen) atoms. The molecular formula is C27H27N7O2.